The molecule has 0 aliphatic rings. The number of alkyl halides is 1. The molecule has 1 amide bonds. The fourth-order valence-corrected chi connectivity index (χ4v) is 0.616. The predicted molar refractivity (Wildman–Crippen MR) is 40.2 cm³/mol. The third-order valence-electron chi connectivity index (χ3n) is 0.908. The van der Waals surface area contributed by atoms with E-state index in [9.17, 15) is 9.70 Å². The molecule has 64 valence electrons. The quantitative estimate of drug-likeness (QED) is 0.374. The highest BCUT2D eigenvalue weighted by Gasteiger charge is 2.15. The molecule has 0 aromatic carbocycles. The van der Waals surface area contributed by atoms with Gasteiger partial charge in [0.15, 0.2) is 0 Å². The van der Waals surface area contributed by atoms with Gasteiger partial charge in [-0.15, -0.1) is 16.5 Å². The monoisotopic (exact) mass is 180 g/mol. The number of carbonyl (C=O) groups is 1. The lowest BCUT2D eigenvalue weighted by molar-refractivity contribution is 0.124. The lowest BCUT2D eigenvalue weighted by atomic mass is 10.5. The number of hydrogen-bond donors (Lipinski definition) is 0. The van der Waals surface area contributed by atoms with Crippen molar-refractivity contribution in [3.63, 3.8) is 0 Å². The molecule has 0 aromatic rings. The van der Waals surface area contributed by atoms with Gasteiger partial charge in [0.05, 0.1) is 24.3 Å². The predicted octanol–water partition coefficient (Wildman–Crippen LogP) is 1.36. The second kappa shape index (κ2) is 4.90. The number of amides is 1. The molecule has 0 fully saturated rings. The van der Waals surface area contributed by atoms with Crippen LogP contribution in [0.15, 0.2) is 5.29 Å². The first-order valence-electron chi connectivity index (χ1n) is 2.94. The SMILES string of the molecule is COC(=O)N(CC(C)Cl)N=O. The van der Waals surface area contributed by atoms with Crippen molar-refractivity contribution in [1.29, 1.82) is 0 Å². The maximum atomic E-state index is 10.6. The summed E-state index contributed by atoms with van der Waals surface area (Å²) in [5, 5.41) is 2.72. The zero-order valence-corrected chi connectivity index (χ0v) is 7.04. The lowest BCUT2D eigenvalue weighted by Crippen LogP contribution is -2.29. The van der Waals surface area contributed by atoms with E-state index >= 15 is 0 Å². The van der Waals surface area contributed by atoms with Gasteiger partial charge in [-0.05, 0) is 6.92 Å². The van der Waals surface area contributed by atoms with E-state index < -0.39 is 6.09 Å². The fourth-order valence-electron chi connectivity index (χ4n) is 0.485. The summed E-state index contributed by atoms with van der Waals surface area (Å²) >= 11 is 5.50. The van der Waals surface area contributed by atoms with Gasteiger partial charge in [0.1, 0.15) is 0 Å². The van der Waals surface area contributed by atoms with Crippen LogP contribution in [0.3, 0.4) is 0 Å². The Morgan fingerprint density at radius 1 is 1.82 bits per heavy atom. The maximum Gasteiger partial charge on any atom is 0.432 e. The van der Waals surface area contributed by atoms with Crippen molar-refractivity contribution in [2.75, 3.05) is 13.7 Å². The standard InChI is InChI=1S/C5H9ClN2O3/c1-4(6)3-8(7-10)5(9)11-2/h4H,3H2,1-2H3. The van der Waals surface area contributed by atoms with E-state index in [4.69, 9.17) is 11.6 Å². The molecule has 0 bridgehead atoms. The van der Waals surface area contributed by atoms with E-state index in [0.29, 0.717) is 5.01 Å². The summed E-state index contributed by atoms with van der Waals surface area (Å²) < 4.78 is 4.24. The van der Waals surface area contributed by atoms with Crippen LogP contribution in [-0.4, -0.2) is 30.1 Å². The van der Waals surface area contributed by atoms with Crippen molar-refractivity contribution < 1.29 is 9.53 Å². The number of carbonyl (C=O) groups excluding carboxylic acids is 1. The van der Waals surface area contributed by atoms with Gasteiger partial charge in [0.25, 0.3) is 0 Å². The zero-order chi connectivity index (χ0) is 8.85. The Bertz CT molecular complexity index is 151. The summed E-state index contributed by atoms with van der Waals surface area (Å²) in [7, 11) is 1.17. The Morgan fingerprint density at radius 2 is 2.36 bits per heavy atom. The van der Waals surface area contributed by atoms with Crippen LogP contribution in [-0.2, 0) is 4.74 Å². The number of hydrogen-bond acceptors (Lipinski definition) is 4. The molecule has 0 heterocycles. The van der Waals surface area contributed by atoms with Crippen molar-refractivity contribution in [3.05, 3.63) is 4.91 Å². The van der Waals surface area contributed by atoms with Gasteiger partial charge in [-0.25, -0.2) is 4.79 Å². The molecule has 5 nitrogen and oxygen atoms in total. The molecule has 0 N–H and O–H groups in total. The first kappa shape index (κ1) is 10.2. The van der Waals surface area contributed by atoms with E-state index in [1.54, 1.807) is 6.92 Å². The molecule has 11 heavy (non-hydrogen) atoms. The molecule has 1 unspecified atom stereocenters. The highest BCUT2D eigenvalue weighted by molar-refractivity contribution is 6.20. The van der Waals surface area contributed by atoms with Gasteiger partial charge in [-0.3, -0.25) is 0 Å². The van der Waals surface area contributed by atoms with Crippen LogP contribution in [0.25, 0.3) is 0 Å². The number of nitrogens with zero attached hydrogens (tertiary/aromatic N) is 2. The van der Waals surface area contributed by atoms with Crippen molar-refractivity contribution in [3.8, 4) is 0 Å². The van der Waals surface area contributed by atoms with Gasteiger partial charge in [-0.1, -0.05) is 0 Å². The van der Waals surface area contributed by atoms with Gasteiger partial charge >= 0.3 is 6.09 Å². The van der Waals surface area contributed by atoms with E-state index in [-0.39, 0.29) is 11.9 Å². The Morgan fingerprint density at radius 3 is 2.64 bits per heavy atom. The molecular weight excluding hydrogens is 172 g/mol. The Labute approximate surface area is 69.2 Å². The van der Waals surface area contributed by atoms with Crippen LogP contribution in [0.2, 0.25) is 0 Å². The van der Waals surface area contributed by atoms with E-state index in [2.05, 4.69) is 10.0 Å². The number of nitroso groups, excluding NO2 is 1. The highest BCUT2D eigenvalue weighted by Crippen LogP contribution is 2.00. The summed E-state index contributed by atoms with van der Waals surface area (Å²) in [6, 6.07) is 0. The smallest absolute Gasteiger partial charge is 0.432 e. The first-order chi connectivity index (χ1) is 5.11. The highest BCUT2D eigenvalue weighted by atomic mass is 35.5. The van der Waals surface area contributed by atoms with Gasteiger partial charge in [-0.2, -0.15) is 5.01 Å². The Kier molecular flexibility index (Phi) is 4.52. The van der Waals surface area contributed by atoms with Crippen LogP contribution in [0, 0.1) is 4.91 Å². The molecular formula is C5H9ClN2O3. The molecule has 0 saturated heterocycles. The van der Waals surface area contributed by atoms with E-state index in [1.165, 1.54) is 7.11 Å². The second-order valence-electron chi connectivity index (χ2n) is 1.91. The molecule has 0 aliphatic heterocycles. The molecule has 0 aliphatic carbocycles. The summed E-state index contributed by atoms with van der Waals surface area (Å²) in [4.78, 5) is 20.6. The summed E-state index contributed by atoms with van der Waals surface area (Å²) in [6.45, 7) is 1.69. The molecule has 0 rings (SSSR count). The van der Waals surface area contributed by atoms with Crippen molar-refractivity contribution >= 4 is 17.7 Å². The van der Waals surface area contributed by atoms with Crippen LogP contribution in [0.1, 0.15) is 6.92 Å². The van der Waals surface area contributed by atoms with Gasteiger partial charge in [0.2, 0.25) is 0 Å². The minimum atomic E-state index is -0.799. The van der Waals surface area contributed by atoms with Crippen LogP contribution < -0.4 is 0 Å². The van der Waals surface area contributed by atoms with Crippen molar-refractivity contribution in [2.45, 2.75) is 12.3 Å². The maximum absolute atomic E-state index is 10.6. The minimum Gasteiger partial charge on any atom is -0.451 e. The zero-order valence-electron chi connectivity index (χ0n) is 6.28. The second-order valence-corrected chi connectivity index (χ2v) is 2.66. The topological polar surface area (TPSA) is 59.0 Å². The van der Waals surface area contributed by atoms with E-state index in [1.807, 2.05) is 0 Å². The number of methoxy groups -OCH3 is 1. The van der Waals surface area contributed by atoms with Crippen molar-refractivity contribution in [2.24, 2.45) is 5.29 Å². The minimum absolute atomic E-state index is 0.0533. The molecule has 0 saturated carbocycles. The molecule has 6 heteroatoms. The Balaban J connectivity index is 3.95. The Hall–Kier alpha value is -0.840. The molecule has 0 spiro atoms. The van der Waals surface area contributed by atoms with Gasteiger partial charge < -0.3 is 4.74 Å². The van der Waals surface area contributed by atoms with E-state index in [0.717, 1.165) is 0 Å². The largest absolute Gasteiger partial charge is 0.451 e. The molecule has 1 atom stereocenters. The van der Waals surface area contributed by atoms with Crippen LogP contribution in [0.4, 0.5) is 4.79 Å². The average Bonchev–Trinajstić information content (AvgIpc) is 1.98. The number of halogens is 1. The third kappa shape index (κ3) is 3.77. The fraction of sp³-hybridized carbons (Fsp3) is 0.800. The summed E-state index contributed by atoms with van der Waals surface area (Å²) in [5.74, 6) is 0. The first-order valence-corrected chi connectivity index (χ1v) is 3.38. The van der Waals surface area contributed by atoms with Crippen LogP contribution >= 0.6 is 11.6 Å². The van der Waals surface area contributed by atoms with Crippen molar-refractivity contribution in [1.82, 2.24) is 5.01 Å². The number of ether oxygens (including phenoxy) is 1. The third-order valence-corrected chi connectivity index (χ3v) is 1.05. The molecule has 0 aromatic heterocycles. The average molecular weight is 181 g/mol. The number of rotatable bonds is 3. The summed E-state index contributed by atoms with van der Waals surface area (Å²) in [6.07, 6.45) is -0.799. The van der Waals surface area contributed by atoms with Crippen LogP contribution in [0.5, 0.6) is 0 Å². The molecule has 0 radical (unpaired) electrons. The lowest BCUT2D eigenvalue weighted by Gasteiger charge is -2.11. The summed E-state index contributed by atoms with van der Waals surface area (Å²) in [5.41, 5.74) is 0. The van der Waals surface area contributed by atoms with Gasteiger partial charge in [0, 0.05) is 0 Å². The normalized spacial score (nSPS) is 11.9.